The normalized spacial score (nSPS) is 24.4. The van der Waals surface area contributed by atoms with Crippen LogP contribution in [0.4, 0.5) is 0 Å². The van der Waals surface area contributed by atoms with Gasteiger partial charge >= 0.3 is 5.97 Å². The van der Waals surface area contributed by atoms with Crippen LogP contribution in [0, 0.1) is 0 Å². The first-order chi connectivity index (χ1) is 11.7. The van der Waals surface area contributed by atoms with Crippen LogP contribution < -0.4 is 4.74 Å². The Morgan fingerprint density at radius 3 is 2.68 bits per heavy atom. The highest BCUT2D eigenvalue weighted by Gasteiger charge is 2.54. The number of rotatable bonds is 4. The number of carboxylic acids is 1. The number of carbonyl (C=O) groups is 2. The highest BCUT2D eigenvalue weighted by atomic mass is 16.5. The van der Waals surface area contributed by atoms with E-state index in [2.05, 4.69) is 0 Å². The summed E-state index contributed by atoms with van der Waals surface area (Å²) in [6.07, 6.45) is 1.86. The van der Waals surface area contributed by atoms with Gasteiger partial charge in [0.15, 0.2) is 5.75 Å². The van der Waals surface area contributed by atoms with Gasteiger partial charge in [0, 0.05) is 13.6 Å². The SMILES string of the molecule is CC1=C[C@]2(C)Oc3c(c(O)n(C)c3O)[C@@H]2N(C(=O)COCC(=O)O)C1. The first-order valence-electron chi connectivity index (χ1n) is 7.72. The third-order valence-electron chi connectivity index (χ3n) is 4.50. The molecule has 1 aromatic rings. The Morgan fingerprint density at radius 2 is 2.04 bits per heavy atom. The van der Waals surface area contributed by atoms with Crippen LogP contribution in [-0.4, -0.2) is 62.0 Å². The van der Waals surface area contributed by atoms with Crippen molar-refractivity contribution >= 4 is 11.9 Å². The van der Waals surface area contributed by atoms with Gasteiger partial charge in [0.25, 0.3) is 0 Å². The molecule has 2 aliphatic rings. The van der Waals surface area contributed by atoms with E-state index in [-0.39, 0.29) is 24.1 Å². The van der Waals surface area contributed by atoms with Crippen molar-refractivity contribution in [3.8, 4) is 17.5 Å². The highest BCUT2D eigenvalue weighted by molar-refractivity contribution is 5.80. The van der Waals surface area contributed by atoms with E-state index in [0.717, 1.165) is 5.57 Å². The summed E-state index contributed by atoms with van der Waals surface area (Å²) in [4.78, 5) is 24.6. The maximum Gasteiger partial charge on any atom is 0.329 e. The fourth-order valence-corrected chi connectivity index (χ4v) is 3.57. The van der Waals surface area contributed by atoms with Gasteiger partial charge in [-0.15, -0.1) is 0 Å². The Kier molecular flexibility index (Phi) is 3.91. The number of nitrogens with zero attached hydrogens (tertiary/aromatic N) is 2. The van der Waals surface area contributed by atoms with Gasteiger partial charge in [0.2, 0.25) is 17.7 Å². The molecule has 0 spiro atoms. The van der Waals surface area contributed by atoms with Gasteiger partial charge in [-0.05, 0) is 19.9 Å². The molecule has 0 saturated heterocycles. The molecular formula is C16H20N2O7. The number of amides is 1. The van der Waals surface area contributed by atoms with Crippen LogP contribution in [-0.2, 0) is 21.4 Å². The molecule has 3 heterocycles. The lowest BCUT2D eigenvalue weighted by Gasteiger charge is -2.41. The minimum absolute atomic E-state index is 0.141. The van der Waals surface area contributed by atoms with Crippen LogP contribution in [0.3, 0.4) is 0 Å². The number of carboxylic acid groups (broad SMARTS) is 1. The number of hydrogen-bond donors (Lipinski definition) is 3. The van der Waals surface area contributed by atoms with Crippen molar-refractivity contribution in [1.82, 2.24) is 9.47 Å². The van der Waals surface area contributed by atoms with Crippen molar-refractivity contribution in [2.75, 3.05) is 19.8 Å². The van der Waals surface area contributed by atoms with Gasteiger partial charge in [-0.2, -0.15) is 0 Å². The summed E-state index contributed by atoms with van der Waals surface area (Å²) in [5.74, 6) is -1.85. The van der Waals surface area contributed by atoms with E-state index in [4.69, 9.17) is 14.6 Å². The molecule has 9 nitrogen and oxygen atoms in total. The van der Waals surface area contributed by atoms with Crippen LogP contribution >= 0.6 is 0 Å². The highest BCUT2D eigenvalue weighted by Crippen LogP contribution is 2.57. The van der Waals surface area contributed by atoms with Gasteiger partial charge in [-0.1, -0.05) is 5.57 Å². The minimum atomic E-state index is -1.16. The molecule has 0 aliphatic carbocycles. The zero-order valence-electron chi connectivity index (χ0n) is 14.1. The number of aliphatic carboxylic acids is 1. The number of carbonyl (C=O) groups excluding carboxylic acids is 1. The summed E-state index contributed by atoms with van der Waals surface area (Å²) >= 11 is 0. The summed E-state index contributed by atoms with van der Waals surface area (Å²) in [5.41, 5.74) is 0.260. The average Bonchev–Trinajstić information content (AvgIpc) is 2.92. The van der Waals surface area contributed by atoms with Crippen molar-refractivity contribution in [2.24, 2.45) is 7.05 Å². The molecule has 2 atom stereocenters. The zero-order valence-corrected chi connectivity index (χ0v) is 14.1. The Hall–Kier alpha value is -2.68. The van der Waals surface area contributed by atoms with Crippen LogP contribution in [0.25, 0.3) is 0 Å². The topological polar surface area (TPSA) is 121 Å². The van der Waals surface area contributed by atoms with E-state index >= 15 is 0 Å². The standard InChI is InChI=1S/C16H20N2O7/c1-8-4-16(2)13(11-12(25-16)15(23)17(3)14(11)22)18(5-8)9(19)6-24-7-10(20)21/h4,13,22-23H,5-7H2,1-3H3,(H,20,21)/t13-,16-/m0/s1. The third kappa shape index (κ3) is 2.60. The molecule has 1 aromatic heterocycles. The molecule has 0 aromatic carbocycles. The maximum atomic E-state index is 12.6. The van der Waals surface area contributed by atoms with Crippen molar-refractivity contribution < 1.29 is 34.4 Å². The predicted octanol–water partition coefficient (Wildman–Crippen LogP) is 0.518. The van der Waals surface area contributed by atoms with Crippen molar-refractivity contribution in [1.29, 1.82) is 0 Å². The van der Waals surface area contributed by atoms with Gasteiger partial charge in [0.05, 0.1) is 5.56 Å². The Balaban J connectivity index is 1.96. The lowest BCUT2D eigenvalue weighted by molar-refractivity contribution is -0.148. The molecule has 25 heavy (non-hydrogen) atoms. The van der Waals surface area contributed by atoms with Crippen molar-refractivity contribution in [2.45, 2.75) is 25.5 Å². The Morgan fingerprint density at radius 1 is 1.36 bits per heavy atom. The van der Waals surface area contributed by atoms with Crippen LogP contribution in [0.15, 0.2) is 11.6 Å². The van der Waals surface area contributed by atoms with Crippen molar-refractivity contribution in [3.05, 3.63) is 17.2 Å². The monoisotopic (exact) mass is 352 g/mol. The molecule has 0 saturated carbocycles. The molecule has 0 unspecified atom stereocenters. The van der Waals surface area contributed by atoms with Crippen LogP contribution in [0.5, 0.6) is 17.5 Å². The second-order valence-corrected chi connectivity index (χ2v) is 6.54. The van der Waals surface area contributed by atoms with E-state index in [1.165, 1.54) is 16.5 Å². The Bertz CT molecular complexity index is 782. The molecule has 3 rings (SSSR count). The van der Waals surface area contributed by atoms with E-state index in [1.807, 2.05) is 13.0 Å². The predicted molar refractivity (Wildman–Crippen MR) is 84.4 cm³/mol. The summed E-state index contributed by atoms with van der Waals surface area (Å²) in [6, 6.07) is -0.653. The third-order valence-corrected chi connectivity index (χ3v) is 4.50. The van der Waals surface area contributed by atoms with Gasteiger partial charge < -0.3 is 29.7 Å². The molecule has 0 fully saturated rings. The average molecular weight is 352 g/mol. The molecule has 2 aliphatic heterocycles. The van der Waals surface area contributed by atoms with Gasteiger partial charge in [-0.3, -0.25) is 9.36 Å². The number of aromatic nitrogens is 1. The number of aromatic hydroxyl groups is 2. The Labute approximate surface area is 143 Å². The van der Waals surface area contributed by atoms with Crippen LogP contribution in [0.2, 0.25) is 0 Å². The molecule has 9 heteroatoms. The quantitative estimate of drug-likeness (QED) is 0.675. The van der Waals surface area contributed by atoms with E-state index in [0.29, 0.717) is 5.56 Å². The zero-order chi connectivity index (χ0) is 18.5. The fraction of sp³-hybridized carbons (Fsp3) is 0.500. The number of fused-ring (bicyclic) bond motifs is 3. The number of ether oxygens (including phenoxy) is 2. The molecule has 0 radical (unpaired) electrons. The van der Waals surface area contributed by atoms with Gasteiger partial charge in [-0.25, -0.2) is 4.79 Å². The molecular weight excluding hydrogens is 332 g/mol. The summed E-state index contributed by atoms with van der Waals surface area (Å²) in [7, 11) is 1.48. The molecule has 1 amide bonds. The second kappa shape index (κ2) is 5.69. The fourth-order valence-electron chi connectivity index (χ4n) is 3.57. The summed E-state index contributed by atoms with van der Waals surface area (Å²) in [6.45, 7) is 2.91. The molecule has 136 valence electrons. The second-order valence-electron chi connectivity index (χ2n) is 6.54. The first-order valence-corrected chi connectivity index (χ1v) is 7.72. The van der Waals surface area contributed by atoms with Crippen molar-refractivity contribution in [3.63, 3.8) is 0 Å². The molecule has 3 N–H and O–H groups in total. The van der Waals surface area contributed by atoms with E-state index in [9.17, 15) is 19.8 Å². The van der Waals surface area contributed by atoms with Gasteiger partial charge in [0.1, 0.15) is 24.9 Å². The number of hydrogen-bond acceptors (Lipinski definition) is 6. The lowest BCUT2D eigenvalue weighted by Crippen LogP contribution is -2.51. The molecule has 0 bridgehead atoms. The summed E-state index contributed by atoms with van der Waals surface area (Å²) < 4.78 is 12.0. The maximum absolute atomic E-state index is 12.6. The summed E-state index contributed by atoms with van der Waals surface area (Å²) in [5, 5.41) is 29.1. The van der Waals surface area contributed by atoms with E-state index in [1.54, 1.807) is 6.92 Å². The smallest absolute Gasteiger partial charge is 0.329 e. The largest absolute Gasteiger partial charge is 0.494 e. The minimum Gasteiger partial charge on any atom is -0.494 e. The lowest BCUT2D eigenvalue weighted by atomic mass is 9.86. The van der Waals surface area contributed by atoms with E-state index < -0.39 is 36.7 Å². The van der Waals surface area contributed by atoms with Crippen LogP contribution in [0.1, 0.15) is 25.5 Å². The first kappa shape index (κ1) is 17.2.